The first-order valence-electron chi connectivity index (χ1n) is 8.34. The van der Waals surface area contributed by atoms with Crippen LogP contribution < -0.4 is 15.5 Å². The van der Waals surface area contributed by atoms with Gasteiger partial charge < -0.3 is 14.7 Å². The van der Waals surface area contributed by atoms with Crippen LogP contribution in [0.2, 0.25) is 0 Å². The number of hydrogen-bond donors (Lipinski definition) is 2. The molecule has 8 nitrogen and oxygen atoms in total. The van der Waals surface area contributed by atoms with Gasteiger partial charge in [0.25, 0.3) is 5.91 Å². The summed E-state index contributed by atoms with van der Waals surface area (Å²) in [7, 11) is 0. The maximum atomic E-state index is 12.1. The lowest BCUT2D eigenvalue weighted by Gasteiger charge is -2.37. The summed E-state index contributed by atoms with van der Waals surface area (Å²) in [5.41, 5.74) is 0.0676. The van der Waals surface area contributed by atoms with Crippen molar-refractivity contribution in [2.45, 2.75) is 25.3 Å². The highest BCUT2D eigenvalue weighted by atomic mass is 16.5. The van der Waals surface area contributed by atoms with E-state index in [1.54, 1.807) is 6.92 Å². The fraction of sp³-hybridized carbons (Fsp3) is 0.412. The fourth-order valence-corrected chi connectivity index (χ4v) is 3.54. The molecule has 3 amide bonds. The van der Waals surface area contributed by atoms with E-state index in [9.17, 15) is 9.59 Å². The Morgan fingerprint density at radius 1 is 1.20 bits per heavy atom. The fourth-order valence-electron chi connectivity index (χ4n) is 3.54. The summed E-state index contributed by atoms with van der Waals surface area (Å²) in [5, 5.41) is 9.13. The van der Waals surface area contributed by atoms with E-state index in [1.165, 1.54) is 0 Å². The molecule has 130 valence electrons. The summed E-state index contributed by atoms with van der Waals surface area (Å²) in [5.74, 6) is 0.388. The highest BCUT2D eigenvalue weighted by Crippen LogP contribution is 2.32. The summed E-state index contributed by atoms with van der Waals surface area (Å²) >= 11 is 0. The molecule has 1 atom stereocenters. The van der Waals surface area contributed by atoms with Gasteiger partial charge in [-0.1, -0.05) is 35.5 Å². The monoisotopic (exact) mass is 341 g/mol. The van der Waals surface area contributed by atoms with Crippen molar-refractivity contribution < 1.29 is 14.1 Å². The quantitative estimate of drug-likeness (QED) is 0.822. The number of nitrogens with one attached hydrogen (secondary N) is 2. The molecule has 8 heteroatoms. The molecule has 0 saturated carbocycles. The van der Waals surface area contributed by atoms with Gasteiger partial charge in [-0.3, -0.25) is 10.1 Å². The first kappa shape index (κ1) is 15.6. The standard InChI is InChI=1S/C17H19N5O3/c1-17(14(23)19-15(24)20-17)12-7-9-22(10-8-12)16-18-13(21-25-16)11-5-3-2-4-6-11/h2-6,12H,7-10H2,1H3,(H2,19,20,23,24). The van der Waals surface area contributed by atoms with Gasteiger partial charge in [-0.2, -0.15) is 4.98 Å². The Bertz CT molecular complexity index is 798. The van der Waals surface area contributed by atoms with E-state index in [0.717, 1.165) is 18.4 Å². The van der Waals surface area contributed by atoms with Crippen molar-refractivity contribution in [2.75, 3.05) is 18.0 Å². The number of benzene rings is 1. The third kappa shape index (κ3) is 2.73. The number of anilines is 1. The van der Waals surface area contributed by atoms with Crippen molar-refractivity contribution >= 4 is 18.0 Å². The second-order valence-corrected chi connectivity index (χ2v) is 6.64. The smallest absolute Gasteiger partial charge is 0.324 e. The van der Waals surface area contributed by atoms with Crippen molar-refractivity contribution in [2.24, 2.45) is 5.92 Å². The van der Waals surface area contributed by atoms with Crippen LogP contribution in [0.1, 0.15) is 19.8 Å². The topological polar surface area (TPSA) is 100 Å². The van der Waals surface area contributed by atoms with E-state index >= 15 is 0 Å². The van der Waals surface area contributed by atoms with Gasteiger partial charge in [0.05, 0.1) is 0 Å². The number of imide groups is 1. The number of amides is 3. The number of piperidine rings is 1. The molecule has 2 aromatic rings. The number of carbonyl (C=O) groups excluding carboxylic acids is 2. The van der Waals surface area contributed by atoms with Crippen molar-refractivity contribution in [1.82, 2.24) is 20.8 Å². The minimum atomic E-state index is -0.840. The first-order chi connectivity index (χ1) is 12.1. The molecule has 0 radical (unpaired) electrons. The summed E-state index contributed by atoms with van der Waals surface area (Å²) in [6.07, 6.45) is 1.51. The largest absolute Gasteiger partial charge is 0.324 e. The molecule has 2 saturated heterocycles. The zero-order valence-corrected chi connectivity index (χ0v) is 13.9. The molecule has 3 heterocycles. The van der Waals surface area contributed by atoms with Gasteiger partial charge in [0, 0.05) is 18.7 Å². The molecular formula is C17H19N5O3. The molecule has 1 unspecified atom stereocenters. The second kappa shape index (κ2) is 5.87. The van der Waals surface area contributed by atoms with Gasteiger partial charge >= 0.3 is 12.0 Å². The van der Waals surface area contributed by atoms with Gasteiger partial charge in [0.15, 0.2) is 0 Å². The van der Waals surface area contributed by atoms with Crippen LogP contribution >= 0.6 is 0 Å². The lowest BCUT2D eigenvalue weighted by Crippen LogP contribution is -2.53. The lowest BCUT2D eigenvalue weighted by atomic mass is 9.79. The molecule has 0 bridgehead atoms. The molecule has 2 fully saturated rings. The van der Waals surface area contributed by atoms with E-state index in [1.807, 2.05) is 35.2 Å². The molecule has 2 aliphatic rings. The molecule has 4 rings (SSSR count). The maximum Gasteiger partial charge on any atom is 0.324 e. The van der Waals surface area contributed by atoms with Gasteiger partial charge in [-0.15, -0.1) is 0 Å². The van der Waals surface area contributed by atoms with Crippen LogP contribution in [0.3, 0.4) is 0 Å². The Kier molecular flexibility index (Phi) is 3.67. The van der Waals surface area contributed by atoms with E-state index < -0.39 is 11.6 Å². The van der Waals surface area contributed by atoms with Crippen LogP contribution in [0.5, 0.6) is 0 Å². The molecule has 1 aromatic heterocycles. The Morgan fingerprint density at radius 2 is 1.92 bits per heavy atom. The SMILES string of the molecule is CC1(C2CCN(c3nc(-c4ccccc4)no3)CC2)NC(=O)NC1=O. The Labute approximate surface area is 144 Å². The van der Waals surface area contributed by atoms with Crippen LogP contribution in [0, 0.1) is 5.92 Å². The number of rotatable bonds is 3. The van der Waals surface area contributed by atoms with E-state index in [2.05, 4.69) is 20.8 Å². The van der Waals surface area contributed by atoms with E-state index in [-0.39, 0.29) is 11.8 Å². The minimum absolute atomic E-state index is 0.0757. The highest BCUT2D eigenvalue weighted by molar-refractivity contribution is 6.06. The average Bonchev–Trinajstić information content (AvgIpc) is 3.21. The zero-order valence-electron chi connectivity index (χ0n) is 13.9. The van der Waals surface area contributed by atoms with E-state index in [0.29, 0.717) is 24.9 Å². The van der Waals surface area contributed by atoms with Crippen LogP contribution in [0.4, 0.5) is 10.8 Å². The minimum Gasteiger partial charge on any atom is -0.324 e. The Hall–Kier alpha value is -2.90. The van der Waals surface area contributed by atoms with Crippen LogP contribution in [0.25, 0.3) is 11.4 Å². The number of aromatic nitrogens is 2. The predicted molar refractivity (Wildman–Crippen MR) is 89.8 cm³/mol. The Balaban J connectivity index is 1.44. The Morgan fingerprint density at radius 3 is 2.56 bits per heavy atom. The van der Waals surface area contributed by atoms with Gasteiger partial charge in [-0.05, 0) is 25.7 Å². The summed E-state index contributed by atoms with van der Waals surface area (Å²) < 4.78 is 5.40. The predicted octanol–water partition coefficient (Wildman–Crippen LogP) is 1.55. The number of urea groups is 1. The van der Waals surface area contributed by atoms with Crippen LogP contribution in [-0.2, 0) is 4.79 Å². The van der Waals surface area contributed by atoms with Crippen molar-refractivity contribution in [3.05, 3.63) is 30.3 Å². The van der Waals surface area contributed by atoms with Gasteiger partial charge in [0.1, 0.15) is 5.54 Å². The second-order valence-electron chi connectivity index (χ2n) is 6.64. The maximum absolute atomic E-state index is 12.1. The number of hydrogen-bond acceptors (Lipinski definition) is 6. The first-order valence-corrected chi connectivity index (χ1v) is 8.34. The average molecular weight is 341 g/mol. The van der Waals surface area contributed by atoms with Crippen molar-refractivity contribution in [1.29, 1.82) is 0 Å². The molecule has 2 N–H and O–H groups in total. The van der Waals surface area contributed by atoms with E-state index in [4.69, 9.17) is 4.52 Å². The summed E-state index contributed by atoms with van der Waals surface area (Å²) in [6.45, 7) is 3.17. The molecule has 0 aliphatic carbocycles. The summed E-state index contributed by atoms with van der Waals surface area (Å²) in [4.78, 5) is 30.0. The van der Waals surface area contributed by atoms with Crippen molar-refractivity contribution in [3.63, 3.8) is 0 Å². The third-order valence-electron chi connectivity index (χ3n) is 5.10. The van der Waals surface area contributed by atoms with Crippen LogP contribution in [0.15, 0.2) is 34.9 Å². The summed E-state index contributed by atoms with van der Waals surface area (Å²) in [6, 6.07) is 9.73. The lowest BCUT2D eigenvalue weighted by molar-refractivity contribution is -0.125. The van der Waals surface area contributed by atoms with Crippen LogP contribution in [-0.4, -0.2) is 40.7 Å². The van der Waals surface area contributed by atoms with Gasteiger partial charge in [-0.25, -0.2) is 4.79 Å². The normalized spacial score (nSPS) is 24.3. The molecule has 0 spiro atoms. The molecule has 2 aliphatic heterocycles. The molecule has 1 aromatic carbocycles. The highest BCUT2D eigenvalue weighted by Gasteiger charge is 2.48. The number of carbonyl (C=O) groups is 2. The van der Waals surface area contributed by atoms with Gasteiger partial charge in [0.2, 0.25) is 5.82 Å². The molecular weight excluding hydrogens is 322 g/mol. The number of nitrogens with zero attached hydrogens (tertiary/aromatic N) is 3. The zero-order chi connectivity index (χ0) is 17.4. The molecule has 25 heavy (non-hydrogen) atoms. The third-order valence-corrected chi connectivity index (χ3v) is 5.10. The van der Waals surface area contributed by atoms with Crippen molar-refractivity contribution in [3.8, 4) is 11.4 Å².